The van der Waals surface area contributed by atoms with Crippen LogP contribution in [0.3, 0.4) is 0 Å². The summed E-state index contributed by atoms with van der Waals surface area (Å²) >= 11 is 0. The van der Waals surface area contributed by atoms with Crippen LogP contribution in [0.5, 0.6) is 0 Å². The van der Waals surface area contributed by atoms with Crippen LogP contribution >= 0.6 is 0 Å². The Hall–Kier alpha value is -2.24. The quantitative estimate of drug-likeness (QED) is 0.262. The van der Waals surface area contributed by atoms with Gasteiger partial charge in [0.25, 0.3) is 0 Å². The summed E-state index contributed by atoms with van der Waals surface area (Å²) in [6.45, 7) is 9.34. The Labute approximate surface area is 180 Å². The van der Waals surface area contributed by atoms with Crippen LogP contribution in [0, 0.1) is 23.7 Å². The fraction of sp³-hybridized carbons (Fsp3) is 0.667. The van der Waals surface area contributed by atoms with Gasteiger partial charge in [-0.05, 0) is 75.0 Å². The Morgan fingerprint density at radius 2 is 0.900 bits per heavy atom. The molecule has 2 aliphatic rings. The molecule has 2 saturated carbocycles. The highest BCUT2D eigenvalue weighted by atomic mass is 16.5. The molecule has 6 nitrogen and oxygen atoms in total. The van der Waals surface area contributed by atoms with Crippen molar-refractivity contribution < 1.29 is 28.5 Å². The molecule has 0 bridgehead atoms. The minimum absolute atomic E-state index is 0.376. The fourth-order valence-corrected chi connectivity index (χ4v) is 4.17. The van der Waals surface area contributed by atoms with Gasteiger partial charge in [-0.25, -0.2) is 9.59 Å². The maximum atomic E-state index is 11.9. The summed E-state index contributed by atoms with van der Waals surface area (Å²) in [6.07, 6.45) is 13.7. The Kier molecular flexibility index (Phi) is 11.1. The van der Waals surface area contributed by atoms with Crippen LogP contribution in [-0.4, -0.2) is 38.4 Å². The van der Waals surface area contributed by atoms with Crippen molar-refractivity contribution in [2.45, 2.75) is 51.4 Å². The average Bonchev–Trinajstić information content (AvgIpc) is 2.78. The van der Waals surface area contributed by atoms with Crippen LogP contribution in [-0.2, 0) is 28.5 Å². The lowest BCUT2D eigenvalue weighted by Crippen LogP contribution is -2.22. The lowest BCUT2D eigenvalue weighted by atomic mass is 9.83. The first-order chi connectivity index (χ1) is 14.6. The summed E-state index contributed by atoms with van der Waals surface area (Å²) in [4.78, 5) is 23.7. The maximum Gasteiger partial charge on any atom is 0.331 e. The first-order valence-corrected chi connectivity index (χ1v) is 11.1. The molecule has 0 atom stereocenters. The number of rotatable bonds is 12. The second-order valence-corrected chi connectivity index (χ2v) is 8.37. The van der Waals surface area contributed by atoms with E-state index < -0.39 is 11.9 Å². The highest BCUT2D eigenvalue weighted by Crippen LogP contribution is 2.30. The van der Waals surface area contributed by atoms with E-state index >= 15 is 0 Å². The Balaban J connectivity index is 1.54. The molecular formula is C24H36O6. The second-order valence-electron chi connectivity index (χ2n) is 8.37. The highest BCUT2D eigenvalue weighted by Gasteiger charge is 2.23. The molecule has 0 unspecified atom stereocenters. The van der Waals surface area contributed by atoms with Gasteiger partial charge < -0.3 is 18.9 Å². The van der Waals surface area contributed by atoms with Crippen molar-refractivity contribution >= 4 is 11.9 Å². The van der Waals surface area contributed by atoms with E-state index in [1.54, 1.807) is 0 Å². The Bertz CT molecular complexity index is 518. The second kappa shape index (κ2) is 13.9. The molecule has 0 amide bonds. The standard InChI is InChI=1S/C24H36O6/c1-3-27-15-19-5-9-21(10-6-19)17-29-23(25)13-14-24(26)30-18-22-11-7-20(8-12-22)16-28-4-2/h3-4,13-14,19-22H,1-2,5-12,15-18H2. The molecule has 0 spiro atoms. The lowest BCUT2D eigenvalue weighted by molar-refractivity contribution is -0.142. The minimum atomic E-state index is -0.494. The topological polar surface area (TPSA) is 71.1 Å². The van der Waals surface area contributed by atoms with Gasteiger partial charge in [0.05, 0.1) is 39.0 Å². The highest BCUT2D eigenvalue weighted by molar-refractivity contribution is 5.91. The zero-order valence-electron chi connectivity index (χ0n) is 18.0. The van der Waals surface area contributed by atoms with Crippen molar-refractivity contribution in [2.75, 3.05) is 26.4 Å². The first kappa shape index (κ1) is 24.0. The van der Waals surface area contributed by atoms with Crippen molar-refractivity contribution in [3.05, 3.63) is 37.8 Å². The third kappa shape index (κ3) is 9.51. The van der Waals surface area contributed by atoms with E-state index in [-0.39, 0.29) is 0 Å². The molecule has 2 rings (SSSR count). The zero-order chi connectivity index (χ0) is 21.6. The van der Waals surface area contributed by atoms with Gasteiger partial charge in [-0.1, -0.05) is 13.2 Å². The molecule has 168 valence electrons. The van der Waals surface area contributed by atoms with E-state index in [2.05, 4.69) is 13.2 Å². The van der Waals surface area contributed by atoms with E-state index in [1.165, 1.54) is 12.5 Å². The van der Waals surface area contributed by atoms with Crippen molar-refractivity contribution in [2.24, 2.45) is 23.7 Å². The number of hydrogen-bond acceptors (Lipinski definition) is 6. The number of carbonyl (C=O) groups is 2. The summed E-state index contributed by atoms with van der Waals surface area (Å²) in [5.74, 6) is 0.876. The molecule has 0 saturated heterocycles. The van der Waals surface area contributed by atoms with Gasteiger partial charge in [0.1, 0.15) is 0 Å². The van der Waals surface area contributed by atoms with E-state index in [0.717, 1.165) is 63.5 Å². The number of esters is 2. The van der Waals surface area contributed by atoms with Crippen LogP contribution < -0.4 is 0 Å². The summed E-state index contributed by atoms with van der Waals surface area (Å²) in [5, 5.41) is 0. The monoisotopic (exact) mass is 420 g/mol. The third-order valence-electron chi connectivity index (χ3n) is 6.11. The largest absolute Gasteiger partial charge is 0.502 e. The Morgan fingerprint density at radius 3 is 1.20 bits per heavy atom. The van der Waals surface area contributed by atoms with Crippen LogP contribution in [0.4, 0.5) is 0 Å². The molecule has 0 aromatic heterocycles. The fourth-order valence-electron chi connectivity index (χ4n) is 4.17. The SMILES string of the molecule is C=COCC1CCC(COC(=O)C=CC(=O)OCC2CCC(COC=C)CC2)CC1. The smallest absolute Gasteiger partial charge is 0.331 e. The number of ether oxygens (including phenoxy) is 4. The third-order valence-corrected chi connectivity index (χ3v) is 6.11. The van der Waals surface area contributed by atoms with Gasteiger partial charge in [0, 0.05) is 12.2 Å². The molecule has 0 N–H and O–H groups in total. The van der Waals surface area contributed by atoms with Gasteiger partial charge in [0.15, 0.2) is 0 Å². The summed E-state index contributed by atoms with van der Waals surface area (Å²) < 4.78 is 21.1. The summed E-state index contributed by atoms with van der Waals surface area (Å²) in [5.41, 5.74) is 0. The molecule has 2 fully saturated rings. The Morgan fingerprint density at radius 1 is 0.600 bits per heavy atom. The van der Waals surface area contributed by atoms with Crippen molar-refractivity contribution in [3.63, 3.8) is 0 Å². The maximum absolute atomic E-state index is 11.9. The normalized spacial score (nSPS) is 26.5. The lowest BCUT2D eigenvalue weighted by Gasteiger charge is -2.27. The van der Waals surface area contributed by atoms with Crippen LogP contribution in [0.1, 0.15) is 51.4 Å². The number of carbonyl (C=O) groups excluding carboxylic acids is 2. The predicted octanol–water partition coefficient (Wildman–Crippen LogP) is 4.56. The number of hydrogen-bond donors (Lipinski definition) is 0. The molecule has 0 radical (unpaired) electrons. The molecule has 0 aromatic carbocycles. The molecule has 0 aliphatic heterocycles. The molecule has 0 heterocycles. The summed E-state index contributed by atoms with van der Waals surface area (Å²) in [7, 11) is 0. The molecule has 2 aliphatic carbocycles. The minimum Gasteiger partial charge on any atom is -0.502 e. The van der Waals surface area contributed by atoms with E-state index in [0.29, 0.717) is 50.1 Å². The van der Waals surface area contributed by atoms with Gasteiger partial charge in [0.2, 0.25) is 0 Å². The molecular weight excluding hydrogens is 384 g/mol. The summed E-state index contributed by atoms with van der Waals surface area (Å²) in [6, 6.07) is 0. The van der Waals surface area contributed by atoms with Crippen LogP contribution in [0.2, 0.25) is 0 Å². The molecule has 0 aromatic rings. The van der Waals surface area contributed by atoms with Crippen LogP contribution in [0.25, 0.3) is 0 Å². The van der Waals surface area contributed by atoms with Gasteiger partial charge in [-0.3, -0.25) is 0 Å². The molecule has 30 heavy (non-hydrogen) atoms. The van der Waals surface area contributed by atoms with Crippen LogP contribution in [0.15, 0.2) is 37.8 Å². The van der Waals surface area contributed by atoms with Crippen molar-refractivity contribution in [3.8, 4) is 0 Å². The van der Waals surface area contributed by atoms with Gasteiger partial charge >= 0.3 is 11.9 Å². The van der Waals surface area contributed by atoms with Crippen molar-refractivity contribution in [1.82, 2.24) is 0 Å². The van der Waals surface area contributed by atoms with E-state index in [9.17, 15) is 9.59 Å². The van der Waals surface area contributed by atoms with E-state index in [4.69, 9.17) is 18.9 Å². The molecule has 6 heteroatoms. The zero-order valence-corrected chi connectivity index (χ0v) is 18.0. The van der Waals surface area contributed by atoms with Gasteiger partial charge in [-0.2, -0.15) is 0 Å². The predicted molar refractivity (Wildman–Crippen MR) is 114 cm³/mol. The van der Waals surface area contributed by atoms with E-state index in [1.807, 2.05) is 0 Å². The average molecular weight is 421 g/mol. The van der Waals surface area contributed by atoms with Gasteiger partial charge in [-0.15, -0.1) is 0 Å². The first-order valence-electron chi connectivity index (χ1n) is 11.1. The van der Waals surface area contributed by atoms with Crippen molar-refractivity contribution in [1.29, 1.82) is 0 Å².